The molecule has 0 spiro atoms. The molecule has 0 aliphatic heterocycles. The van der Waals surface area contributed by atoms with Gasteiger partial charge in [-0.25, -0.2) is 12.8 Å². The van der Waals surface area contributed by atoms with Gasteiger partial charge in [0.1, 0.15) is 11.6 Å². The van der Waals surface area contributed by atoms with E-state index < -0.39 is 14.9 Å². The average molecular weight is 301 g/mol. The molecule has 0 fully saturated rings. The normalized spacial score (nSPS) is 11.3. The zero-order chi connectivity index (χ0) is 14.0. The van der Waals surface area contributed by atoms with Crippen molar-refractivity contribution in [1.82, 2.24) is 0 Å². The van der Waals surface area contributed by atoms with Crippen LogP contribution in [0.15, 0.2) is 47.4 Å². The fraction of sp³-hybridized carbons (Fsp3) is 0.0769. The van der Waals surface area contributed by atoms with Gasteiger partial charge in [-0.3, -0.25) is 0 Å². The lowest BCUT2D eigenvalue weighted by Gasteiger charge is -2.07. The zero-order valence-electron chi connectivity index (χ0n) is 9.93. The van der Waals surface area contributed by atoms with Gasteiger partial charge in [0.15, 0.2) is 0 Å². The molecule has 2 aromatic rings. The lowest BCUT2D eigenvalue weighted by Crippen LogP contribution is -1.94. The molecule has 6 heteroatoms. The minimum absolute atomic E-state index is 0.0900. The highest BCUT2D eigenvalue weighted by Gasteiger charge is 2.14. The smallest absolute Gasteiger partial charge is 0.261 e. The molecular formula is C13H10ClFO3S. The van der Waals surface area contributed by atoms with E-state index >= 15 is 0 Å². The molecule has 0 N–H and O–H groups in total. The van der Waals surface area contributed by atoms with E-state index in [4.69, 9.17) is 15.4 Å². The molecule has 3 nitrogen and oxygen atoms in total. The van der Waals surface area contributed by atoms with Gasteiger partial charge in [-0.15, -0.1) is 0 Å². The van der Waals surface area contributed by atoms with Crippen molar-refractivity contribution in [3.8, 4) is 16.9 Å². The molecule has 0 amide bonds. The lowest BCUT2D eigenvalue weighted by atomic mass is 10.1. The molecule has 0 unspecified atom stereocenters. The summed E-state index contributed by atoms with van der Waals surface area (Å²) in [6.45, 7) is 0. The van der Waals surface area contributed by atoms with Crippen LogP contribution in [0.1, 0.15) is 0 Å². The van der Waals surface area contributed by atoms with Crippen molar-refractivity contribution in [2.24, 2.45) is 0 Å². The first kappa shape index (κ1) is 13.8. The van der Waals surface area contributed by atoms with Crippen LogP contribution in [0.4, 0.5) is 4.39 Å². The molecule has 0 aromatic heterocycles. The van der Waals surface area contributed by atoms with Crippen molar-refractivity contribution in [2.75, 3.05) is 7.11 Å². The highest BCUT2D eigenvalue weighted by Crippen LogP contribution is 2.29. The van der Waals surface area contributed by atoms with Gasteiger partial charge < -0.3 is 4.74 Å². The second-order valence-corrected chi connectivity index (χ2v) is 6.41. The van der Waals surface area contributed by atoms with E-state index in [1.165, 1.54) is 31.4 Å². The molecule has 0 saturated carbocycles. The fourth-order valence-corrected chi connectivity index (χ4v) is 2.46. The van der Waals surface area contributed by atoms with Gasteiger partial charge in [0, 0.05) is 16.7 Å². The number of hydrogen-bond donors (Lipinski definition) is 0. The van der Waals surface area contributed by atoms with Crippen molar-refractivity contribution < 1.29 is 17.5 Å². The van der Waals surface area contributed by atoms with Crippen LogP contribution in [0.5, 0.6) is 5.75 Å². The Bertz CT molecular complexity index is 714. The van der Waals surface area contributed by atoms with E-state index in [-0.39, 0.29) is 4.90 Å². The van der Waals surface area contributed by atoms with Crippen LogP contribution >= 0.6 is 10.7 Å². The Kier molecular flexibility index (Phi) is 3.78. The van der Waals surface area contributed by atoms with E-state index in [0.29, 0.717) is 16.9 Å². The van der Waals surface area contributed by atoms with Crippen LogP contribution in [-0.4, -0.2) is 15.5 Å². The quantitative estimate of drug-likeness (QED) is 0.816. The average Bonchev–Trinajstić information content (AvgIpc) is 2.37. The summed E-state index contributed by atoms with van der Waals surface area (Å²) in [4.78, 5) is -0.0900. The van der Waals surface area contributed by atoms with Gasteiger partial charge in [-0.2, -0.15) is 0 Å². The third-order valence-electron chi connectivity index (χ3n) is 2.56. The highest BCUT2D eigenvalue weighted by molar-refractivity contribution is 8.13. The van der Waals surface area contributed by atoms with E-state index in [1.807, 2.05) is 0 Å². The molecule has 2 aromatic carbocycles. The van der Waals surface area contributed by atoms with Gasteiger partial charge >= 0.3 is 0 Å². The molecule has 0 aliphatic carbocycles. The van der Waals surface area contributed by atoms with E-state index in [9.17, 15) is 12.8 Å². The molecule has 100 valence electrons. The summed E-state index contributed by atoms with van der Waals surface area (Å²) in [5.41, 5.74) is 1.05. The summed E-state index contributed by atoms with van der Waals surface area (Å²) in [7, 11) is 2.86. The molecule has 0 saturated heterocycles. The van der Waals surface area contributed by atoms with Crippen LogP contribution in [0, 0.1) is 5.82 Å². The number of rotatable bonds is 3. The summed E-state index contributed by atoms with van der Waals surface area (Å²) < 4.78 is 41.0. The van der Waals surface area contributed by atoms with Crippen molar-refractivity contribution >= 4 is 19.7 Å². The summed E-state index contributed by atoms with van der Waals surface area (Å²) >= 11 is 0. The molecule has 0 radical (unpaired) electrons. The third kappa shape index (κ3) is 3.24. The van der Waals surface area contributed by atoms with Gasteiger partial charge in [-0.1, -0.05) is 12.1 Å². The summed E-state index contributed by atoms with van der Waals surface area (Å²) in [5, 5.41) is 0. The van der Waals surface area contributed by atoms with Crippen LogP contribution in [-0.2, 0) is 9.05 Å². The SMILES string of the molecule is COc1cc(-c2cccc(F)c2)cc(S(=O)(=O)Cl)c1. The van der Waals surface area contributed by atoms with Gasteiger partial charge in [0.2, 0.25) is 0 Å². The first-order chi connectivity index (χ1) is 8.90. The zero-order valence-corrected chi connectivity index (χ0v) is 11.5. The largest absolute Gasteiger partial charge is 0.497 e. The number of halogens is 2. The van der Waals surface area contributed by atoms with Crippen molar-refractivity contribution in [2.45, 2.75) is 4.90 Å². The summed E-state index contributed by atoms with van der Waals surface area (Å²) in [5.74, 6) is -0.0726. The van der Waals surface area contributed by atoms with Crippen molar-refractivity contribution in [1.29, 1.82) is 0 Å². The number of hydrogen-bond acceptors (Lipinski definition) is 3. The molecular weight excluding hydrogens is 291 g/mol. The number of ether oxygens (including phenoxy) is 1. The third-order valence-corrected chi connectivity index (χ3v) is 3.89. The van der Waals surface area contributed by atoms with E-state index in [1.54, 1.807) is 18.2 Å². The maximum Gasteiger partial charge on any atom is 0.261 e. The second kappa shape index (κ2) is 5.19. The lowest BCUT2D eigenvalue weighted by molar-refractivity contribution is 0.413. The minimum Gasteiger partial charge on any atom is -0.497 e. The van der Waals surface area contributed by atoms with Gasteiger partial charge in [0.25, 0.3) is 9.05 Å². The van der Waals surface area contributed by atoms with Crippen LogP contribution in [0.3, 0.4) is 0 Å². The van der Waals surface area contributed by atoms with Crippen LogP contribution in [0.2, 0.25) is 0 Å². The number of benzene rings is 2. The summed E-state index contributed by atoms with van der Waals surface area (Å²) in [6, 6.07) is 10.1. The minimum atomic E-state index is -3.88. The Morgan fingerprint density at radius 3 is 2.42 bits per heavy atom. The van der Waals surface area contributed by atoms with Crippen LogP contribution in [0.25, 0.3) is 11.1 Å². The molecule has 0 aliphatic rings. The Balaban J connectivity index is 2.64. The second-order valence-electron chi connectivity index (χ2n) is 3.85. The maximum atomic E-state index is 13.2. The van der Waals surface area contributed by atoms with Crippen LogP contribution < -0.4 is 4.74 Å². The fourth-order valence-electron chi connectivity index (χ4n) is 1.67. The predicted molar refractivity (Wildman–Crippen MR) is 71.4 cm³/mol. The van der Waals surface area contributed by atoms with Crippen molar-refractivity contribution in [3.05, 3.63) is 48.3 Å². The van der Waals surface area contributed by atoms with Gasteiger partial charge in [0.05, 0.1) is 12.0 Å². The van der Waals surface area contributed by atoms with Gasteiger partial charge in [-0.05, 0) is 35.4 Å². The van der Waals surface area contributed by atoms with E-state index in [2.05, 4.69) is 0 Å². The number of methoxy groups -OCH3 is 1. The first-order valence-electron chi connectivity index (χ1n) is 5.30. The topological polar surface area (TPSA) is 43.4 Å². The predicted octanol–water partition coefficient (Wildman–Crippen LogP) is 3.43. The summed E-state index contributed by atoms with van der Waals surface area (Å²) in [6.07, 6.45) is 0. The standard InChI is InChI=1S/C13H10ClFO3S/c1-18-12-6-10(7-13(8-12)19(14,16)17)9-3-2-4-11(15)5-9/h2-8H,1H3. The Hall–Kier alpha value is -1.59. The van der Waals surface area contributed by atoms with Crippen molar-refractivity contribution in [3.63, 3.8) is 0 Å². The first-order valence-corrected chi connectivity index (χ1v) is 7.61. The molecule has 2 rings (SSSR count). The molecule has 0 heterocycles. The maximum absolute atomic E-state index is 13.2. The highest BCUT2D eigenvalue weighted by atomic mass is 35.7. The monoisotopic (exact) mass is 300 g/mol. The Morgan fingerprint density at radius 2 is 1.84 bits per heavy atom. The molecule has 0 atom stereocenters. The van der Waals surface area contributed by atoms with E-state index in [0.717, 1.165) is 0 Å². The molecule has 19 heavy (non-hydrogen) atoms. The Morgan fingerprint density at radius 1 is 1.11 bits per heavy atom. The Labute approximate surface area is 115 Å². The molecule has 0 bridgehead atoms.